The first-order valence-corrected chi connectivity index (χ1v) is 12.9. The van der Waals surface area contributed by atoms with E-state index in [9.17, 15) is 14.0 Å². The van der Waals surface area contributed by atoms with E-state index in [2.05, 4.69) is 16.3 Å². The molecule has 8 heteroatoms. The van der Waals surface area contributed by atoms with Crippen LogP contribution in [0.2, 0.25) is 0 Å². The fourth-order valence-electron chi connectivity index (χ4n) is 4.73. The van der Waals surface area contributed by atoms with Gasteiger partial charge in [-0.3, -0.25) is 14.5 Å². The molecule has 5 nitrogen and oxygen atoms in total. The van der Waals surface area contributed by atoms with Gasteiger partial charge in [-0.05, 0) is 61.4 Å². The van der Waals surface area contributed by atoms with E-state index in [1.54, 1.807) is 23.5 Å². The molecule has 1 aromatic carbocycles. The Labute approximate surface area is 204 Å². The number of hydrogen-bond donors (Lipinski definition) is 0. The number of hydrogen-bond acceptors (Lipinski definition) is 4. The molecule has 2 aromatic rings. The highest BCUT2D eigenvalue weighted by Gasteiger charge is 2.34. The van der Waals surface area contributed by atoms with E-state index in [-0.39, 0.29) is 36.1 Å². The lowest BCUT2D eigenvalue weighted by Gasteiger charge is -2.37. The maximum absolute atomic E-state index is 14.0. The Hall–Kier alpha value is -1.96. The van der Waals surface area contributed by atoms with Gasteiger partial charge in [0.1, 0.15) is 5.82 Å². The zero-order valence-electron chi connectivity index (χ0n) is 19.2. The Morgan fingerprint density at radius 3 is 2.64 bits per heavy atom. The van der Waals surface area contributed by atoms with Gasteiger partial charge < -0.3 is 9.80 Å². The number of carbonyl (C=O) groups is 2. The number of alkyl halides is 1. The first-order valence-electron chi connectivity index (χ1n) is 11.5. The van der Waals surface area contributed by atoms with Crippen LogP contribution in [0.5, 0.6) is 0 Å². The van der Waals surface area contributed by atoms with Gasteiger partial charge in [-0.2, -0.15) is 0 Å². The van der Waals surface area contributed by atoms with Gasteiger partial charge in [0.25, 0.3) is 0 Å². The Kier molecular flexibility index (Phi) is 7.41. The molecule has 0 bridgehead atoms. The fraction of sp³-hybridized carbons (Fsp3) is 0.520. The van der Waals surface area contributed by atoms with Crippen molar-refractivity contribution >= 4 is 34.8 Å². The van der Waals surface area contributed by atoms with Crippen molar-refractivity contribution in [2.75, 3.05) is 45.1 Å². The Bertz CT molecular complexity index is 1010. The second-order valence-electron chi connectivity index (χ2n) is 9.52. The lowest BCUT2D eigenvalue weighted by atomic mass is 9.93. The standard InChI is InChI=1S/C25H31ClFN3O2S/c1-25(2,17-26)24(32)29-10-4-9-28(12-13-29)22(31)16-30-11-7-21-20(8-14-33-21)23(30)18-5-3-6-19(27)15-18/h3,5-6,8,14-15,23H,4,7,9-13,16-17H2,1-2H3/t23-/m0/s1. The lowest BCUT2D eigenvalue weighted by Crippen LogP contribution is -2.46. The predicted molar refractivity (Wildman–Crippen MR) is 130 cm³/mol. The monoisotopic (exact) mass is 491 g/mol. The van der Waals surface area contributed by atoms with Crippen molar-refractivity contribution in [2.24, 2.45) is 5.41 Å². The van der Waals surface area contributed by atoms with Crippen LogP contribution in [-0.4, -0.2) is 71.7 Å². The molecule has 0 spiro atoms. The largest absolute Gasteiger partial charge is 0.340 e. The number of nitrogens with zero attached hydrogens (tertiary/aromatic N) is 3. The van der Waals surface area contributed by atoms with Crippen LogP contribution >= 0.6 is 22.9 Å². The quantitative estimate of drug-likeness (QED) is 0.590. The molecule has 0 aliphatic carbocycles. The molecule has 2 aliphatic rings. The normalized spacial score (nSPS) is 19.8. The van der Waals surface area contributed by atoms with Crippen molar-refractivity contribution in [1.29, 1.82) is 0 Å². The van der Waals surface area contributed by atoms with E-state index < -0.39 is 5.41 Å². The highest BCUT2D eigenvalue weighted by Crippen LogP contribution is 2.37. The molecular formula is C25H31ClFN3O2S. The molecule has 33 heavy (non-hydrogen) atoms. The van der Waals surface area contributed by atoms with Crippen LogP contribution in [0.25, 0.3) is 0 Å². The highest BCUT2D eigenvalue weighted by atomic mass is 35.5. The summed E-state index contributed by atoms with van der Waals surface area (Å²) >= 11 is 7.72. The lowest BCUT2D eigenvalue weighted by molar-refractivity contribution is -0.139. The molecular weight excluding hydrogens is 461 g/mol. The molecule has 0 radical (unpaired) electrons. The van der Waals surface area contributed by atoms with Crippen molar-refractivity contribution in [3.63, 3.8) is 0 Å². The molecule has 178 valence electrons. The topological polar surface area (TPSA) is 43.9 Å². The third kappa shape index (κ3) is 5.26. The van der Waals surface area contributed by atoms with Gasteiger partial charge in [0.15, 0.2) is 0 Å². The van der Waals surface area contributed by atoms with Gasteiger partial charge >= 0.3 is 0 Å². The van der Waals surface area contributed by atoms with E-state index >= 15 is 0 Å². The van der Waals surface area contributed by atoms with E-state index in [4.69, 9.17) is 11.6 Å². The Balaban J connectivity index is 1.47. The average molecular weight is 492 g/mol. The first kappa shape index (κ1) is 24.2. The number of fused-ring (bicyclic) bond motifs is 1. The van der Waals surface area contributed by atoms with Crippen LogP contribution in [-0.2, 0) is 16.0 Å². The van der Waals surface area contributed by atoms with Crippen LogP contribution in [0.3, 0.4) is 0 Å². The van der Waals surface area contributed by atoms with Crippen LogP contribution in [0.15, 0.2) is 35.7 Å². The van der Waals surface area contributed by atoms with Crippen molar-refractivity contribution in [1.82, 2.24) is 14.7 Å². The smallest absolute Gasteiger partial charge is 0.236 e. The number of rotatable bonds is 5. The van der Waals surface area contributed by atoms with Crippen LogP contribution in [0, 0.1) is 11.2 Å². The van der Waals surface area contributed by atoms with Crippen LogP contribution in [0.1, 0.15) is 42.3 Å². The summed E-state index contributed by atoms with van der Waals surface area (Å²) in [7, 11) is 0. The van der Waals surface area contributed by atoms with Crippen LogP contribution in [0.4, 0.5) is 4.39 Å². The number of halogens is 2. The minimum atomic E-state index is -0.606. The zero-order valence-corrected chi connectivity index (χ0v) is 20.8. The average Bonchev–Trinajstić information content (AvgIpc) is 3.14. The predicted octanol–water partition coefficient (Wildman–Crippen LogP) is 4.16. The first-order chi connectivity index (χ1) is 15.8. The van der Waals surface area contributed by atoms with Crippen molar-refractivity contribution < 1.29 is 14.0 Å². The summed E-state index contributed by atoms with van der Waals surface area (Å²) in [5.41, 5.74) is 1.43. The Morgan fingerprint density at radius 1 is 1.12 bits per heavy atom. The van der Waals surface area contributed by atoms with Gasteiger partial charge in [0, 0.05) is 43.5 Å². The Morgan fingerprint density at radius 2 is 1.88 bits per heavy atom. The summed E-state index contributed by atoms with van der Waals surface area (Å²) in [5, 5.41) is 2.07. The fourth-order valence-corrected chi connectivity index (χ4v) is 5.75. The van der Waals surface area contributed by atoms with Gasteiger partial charge in [-0.1, -0.05) is 12.1 Å². The molecule has 0 saturated carbocycles. The molecule has 2 amide bonds. The minimum absolute atomic E-state index is 0.0407. The molecule has 0 unspecified atom stereocenters. The molecule has 1 aromatic heterocycles. The molecule has 1 fully saturated rings. The summed E-state index contributed by atoms with van der Waals surface area (Å²) in [4.78, 5) is 33.3. The number of amides is 2. The van der Waals surface area contributed by atoms with Gasteiger partial charge in [-0.15, -0.1) is 22.9 Å². The van der Waals surface area contributed by atoms with Crippen molar-refractivity contribution in [3.8, 4) is 0 Å². The van der Waals surface area contributed by atoms with E-state index in [0.29, 0.717) is 26.2 Å². The van der Waals surface area contributed by atoms with Crippen LogP contribution < -0.4 is 0 Å². The number of benzene rings is 1. The molecule has 3 heterocycles. The molecule has 0 N–H and O–H groups in total. The SMILES string of the molecule is CC(C)(CCl)C(=O)N1CCCN(C(=O)CN2CCc3sccc3[C@@H]2c2cccc(F)c2)CC1. The summed E-state index contributed by atoms with van der Waals surface area (Å²) in [6, 6.07) is 8.66. The van der Waals surface area contributed by atoms with E-state index in [0.717, 1.165) is 24.9 Å². The number of thiophene rings is 1. The summed E-state index contributed by atoms with van der Waals surface area (Å²) in [6.45, 7) is 7.05. The number of carbonyl (C=O) groups excluding carboxylic acids is 2. The van der Waals surface area contributed by atoms with E-state index in [1.165, 1.54) is 16.5 Å². The molecule has 1 atom stereocenters. The highest BCUT2D eigenvalue weighted by molar-refractivity contribution is 7.10. The summed E-state index contributed by atoms with van der Waals surface area (Å²) in [6.07, 6.45) is 1.64. The second-order valence-corrected chi connectivity index (χ2v) is 10.8. The van der Waals surface area contributed by atoms with E-state index in [1.807, 2.05) is 29.7 Å². The minimum Gasteiger partial charge on any atom is -0.340 e. The molecule has 1 saturated heterocycles. The summed E-state index contributed by atoms with van der Waals surface area (Å²) < 4.78 is 14.0. The molecule has 4 rings (SSSR count). The van der Waals surface area contributed by atoms with Gasteiger partial charge in [-0.25, -0.2) is 4.39 Å². The van der Waals surface area contributed by atoms with Crippen molar-refractivity contribution in [3.05, 3.63) is 57.5 Å². The molecule has 2 aliphatic heterocycles. The third-order valence-electron chi connectivity index (χ3n) is 6.62. The van der Waals surface area contributed by atoms with Gasteiger partial charge in [0.2, 0.25) is 11.8 Å². The zero-order chi connectivity index (χ0) is 23.6. The maximum Gasteiger partial charge on any atom is 0.236 e. The van der Waals surface area contributed by atoms with Gasteiger partial charge in [0.05, 0.1) is 18.0 Å². The maximum atomic E-state index is 14.0. The van der Waals surface area contributed by atoms with Crippen molar-refractivity contribution in [2.45, 2.75) is 32.7 Å². The third-order valence-corrected chi connectivity index (χ3v) is 8.28. The summed E-state index contributed by atoms with van der Waals surface area (Å²) in [5.74, 6) is 0.102. The second kappa shape index (κ2) is 10.1.